The second-order valence-corrected chi connectivity index (χ2v) is 13.6. The Balaban J connectivity index is 0.000000124. The molecule has 2 aromatic heterocycles. The largest absolute Gasteiger partial charge is 0.490 e. The summed E-state index contributed by atoms with van der Waals surface area (Å²) in [6.45, 7) is 12.6. The number of nitrogens with one attached hydrogen (secondary N) is 2. The summed E-state index contributed by atoms with van der Waals surface area (Å²) in [5.41, 5.74) is 5.60. The van der Waals surface area contributed by atoms with Crippen molar-refractivity contribution in [2.45, 2.75) is 64.8 Å². The van der Waals surface area contributed by atoms with Crippen LogP contribution in [0.15, 0.2) is 32.9 Å². The first-order valence-electron chi connectivity index (χ1n) is 13.4. The van der Waals surface area contributed by atoms with E-state index in [0.717, 1.165) is 45.8 Å². The van der Waals surface area contributed by atoms with Gasteiger partial charge in [0.05, 0.1) is 47.4 Å². The van der Waals surface area contributed by atoms with Gasteiger partial charge in [-0.15, -0.1) is 22.7 Å². The van der Waals surface area contributed by atoms with Crippen LogP contribution in [0, 0.1) is 0 Å². The predicted octanol–water partition coefficient (Wildman–Crippen LogP) is 5.51. The van der Waals surface area contributed by atoms with Crippen LogP contribution < -0.4 is 10.6 Å². The topological polar surface area (TPSA) is 95.1 Å². The van der Waals surface area contributed by atoms with Crippen LogP contribution in [-0.2, 0) is 31.9 Å². The molecule has 1 fully saturated rings. The van der Waals surface area contributed by atoms with E-state index in [4.69, 9.17) is 18.8 Å². The molecule has 0 radical (unpaired) electrons. The van der Waals surface area contributed by atoms with Crippen molar-refractivity contribution in [3.05, 3.63) is 59.3 Å². The highest BCUT2D eigenvalue weighted by Crippen LogP contribution is 2.39. The number of halogens is 1. The highest BCUT2D eigenvalue weighted by molar-refractivity contribution is 9.10. The minimum absolute atomic E-state index is 0.0608. The summed E-state index contributed by atoms with van der Waals surface area (Å²) in [5.74, 6) is 0.139. The maximum absolute atomic E-state index is 11.4. The molecule has 7 heterocycles. The third kappa shape index (κ3) is 6.18. The van der Waals surface area contributed by atoms with Crippen LogP contribution in [0.1, 0.15) is 76.6 Å². The van der Waals surface area contributed by atoms with Crippen molar-refractivity contribution in [1.82, 2.24) is 10.6 Å². The van der Waals surface area contributed by atoms with Gasteiger partial charge in [0.25, 0.3) is 11.8 Å². The molecule has 0 unspecified atom stereocenters. The third-order valence-corrected chi connectivity index (χ3v) is 10.9. The van der Waals surface area contributed by atoms with Gasteiger partial charge in [0, 0.05) is 34.1 Å². The fourth-order valence-electron chi connectivity index (χ4n) is 4.75. The van der Waals surface area contributed by atoms with E-state index < -0.39 is 0 Å². The summed E-state index contributed by atoms with van der Waals surface area (Å²) in [7, 11) is -0.182. The van der Waals surface area contributed by atoms with Gasteiger partial charge in [0.2, 0.25) is 0 Å². The molecule has 5 aliphatic rings. The van der Waals surface area contributed by atoms with E-state index in [1.165, 1.54) is 33.5 Å². The zero-order valence-corrected chi connectivity index (χ0v) is 26.4. The van der Waals surface area contributed by atoms with Crippen molar-refractivity contribution in [2.75, 3.05) is 26.4 Å². The third-order valence-electron chi connectivity index (χ3n) is 7.86. The van der Waals surface area contributed by atoms with Crippen molar-refractivity contribution in [3.8, 4) is 0 Å². The quantitative estimate of drug-likeness (QED) is 0.417. The van der Waals surface area contributed by atoms with Crippen molar-refractivity contribution >= 4 is 63.1 Å². The molecule has 8 nitrogen and oxygen atoms in total. The lowest BCUT2D eigenvalue weighted by atomic mass is 9.75. The van der Waals surface area contributed by atoms with Gasteiger partial charge in [-0.1, -0.05) is 12.2 Å². The van der Waals surface area contributed by atoms with E-state index in [9.17, 15) is 9.59 Å². The van der Waals surface area contributed by atoms with Gasteiger partial charge >= 0.3 is 7.12 Å². The Kier molecular flexibility index (Phi) is 9.06. The standard InChI is InChI=1S/C11H19BO3.C11H11NO2S.C6H4BrNOS/c1-10(2)11(3,4)15-12(14-10)9-5-7-13-8-6-9;13-11-10-8(5-12-11)9(6-15-10)7-1-3-14-4-2-7;7-4-2-10-5-3(4)1-8-6(5)9/h5H,6-8H2,1-4H3;1,6H,2-5H2,(H,12,13);2H,1H2,(H,8,9). The number of amides is 2. The smallest absolute Gasteiger partial charge is 0.400 e. The lowest BCUT2D eigenvalue weighted by Gasteiger charge is -2.32. The summed E-state index contributed by atoms with van der Waals surface area (Å²) in [4.78, 5) is 24.1. The Morgan fingerprint density at radius 1 is 0.825 bits per heavy atom. The predicted molar refractivity (Wildman–Crippen MR) is 162 cm³/mol. The molecule has 0 atom stereocenters. The molecule has 40 heavy (non-hydrogen) atoms. The Bertz CT molecular complexity index is 1330. The van der Waals surface area contributed by atoms with Gasteiger partial charge in [-0.3, -0.25) is 9.59 Å². The summed E-state index contributed by atoms with van der Waals surface area (Å²) < 4.78 is 23.5. The molecular weight excluding hydrogens is 615 g/mol. The molecule has 214 valence electrons. The van der Waals surface area contributed by atoms with Crippen LogP contribution >= 0.6 is 38.6 Å². The van der Waals surface area contributed by atoms with Crippen LogP contribution in [0.3, 0.4) is 0 Å². The lowest BCUT2D eigenvalue weighted by Crippen LogP contribution is -2.41. The number of thiophene rings is 2. The molecule has 1 saturated heterocycles. The first-order valence-corrected chi connectivity index (χ1v) is 15.9. The number of ether oxygens (including phenoxy) is 2. The summed E-state index contributed by atoms with van der Waals surface area (Å²) in [5, 5.41) is 9.65. The zero-order valence-electron chi connectivity index (χ0n) is 23.2. The zero-order chi connectivity index (χ0) is 28.5. The van der Waals surface area contributed by atoms with Crippen molar-refractivity contribution in [1.29, 1.82) is 0 Å². The summed E-state index contributed by atoms with van der Waals surface area (Å²) in [6, 6.07) is 0. The first-order chi connectivity index (χ1) is 19.1. The molecule has 5 aliphatic heterocycles. The highest BCUT2D eigenvalue weighted by Gasteiger charge is 2.52. The van der Waals surface area contributed by atoms with Gasteiger partial charge in [0.1, 0.15) is 0 Å². The molecule has 12 heteroatoms. The molecule has 0 bridgehead atoms. The van der Waals surface area contributed by atoms with Crippen molar-refractivity contribution in [2.24, 2.45) is 0 Å². The van der Waals surface area contributed by atoms with E-state index in [-0.39, 0.29) is 30.1 Å². The minimum Gasteiger partial charge on any atom is -0.400 e. The Hall–Kier alpha value is -1.80. The highest BCUT2D eigenvalue weighted by atomic mass is 79.9. The second-order valence-electron chi connectivity index (χ2n) is 11.0. The van der Waals surface area contributed by atoms with Crippen LogP contribution in [0.25, 0.3) is 5.57 Å². The molecular formula is C28H34BBrN2O6S2. The fraction of sp³-hybridized carbons (Fsp3) is 0.500. The Morgan fingerprint density at radius 3 is 1.98 bits per heavy atom. The molecule has 0 spiro atoms. The van der Waals surface area contributed by atoms with Crippen LogP contribution in [0.4, 0.5) is 0 Å². The van der Waals surface area contributed by atoms with Crippen molar-refractivity contribution < 1.29 is 28.4 Å². The van der Waals surface area contributed by atoms with E-state index in [2.05, 4.69) is 71.8 Å². The molecule has 0 saturated carbocycles. The van der Waals surface area contributed by atoms with Crippen LogP contribution in [-0.4, -0.2) is 56.6 Å². The SMILES string of the molecule is CC1(C)OB(C2=CCOCC2)OC1(C)C.O=C1NCc2c(Br)csc21.O=C1NCc2c(C3=CCOCC3)csc21. The van der Waals surface area contributed by atoms with Gasteiger partial charge in [0.15, 0.2) is 0 Å². The molecule has 2 N–H and O–H groups in total. The number of carbonyl (C=O) groups is 2. The first kappa shape index (κ1) is 29.7. The molecule has 7 rings (SSSR count). The summed E-state index contributed by atoms with van der Waals surface area (Å²) in [6.07, 6.45) is 6.06. The maximum atomic E-state index is 11.4. The van der Waals surface area contributed by atoms with Gasteiger partial charge < -0.3 is 29.4 Å². The lowest BCUT2D eigenvalue weighted by molar-refractivity contribution is 0.00578. The van der Waals surface area contributed by atoms with E-state index in [1.807, 2.05) is 5.38 Å². The Morgan fingerprint density at radius 2 is 1.40 bits per heavy atom. The normalized spacial score (nSPS) is 22.1. The molecule has 0 aliphatic carbocycles. The molecule has 2 amide bonds. The number of hydrogen-bond donors (Lipinski definition) is 2. The number of rotatable bonds is 2. The van der Waals surface area contributed by atoms with Crippen LogP contribution in [0.5, 0.6) is 0 Å². The van der Waals surface area contributed by atoms with Gasteiger partial charge in [-0.2, -0.15) is 0 Å². The van der Waals surface area contributed by atoms with Gasteiger partial charge in [-0.25, -0.2) is 0 Å². The monoisotopic (exact) mass is 648 g/mol. The number of fused-ring (bicyclic) bond motifs is 2. The molecule has 2 aromatic rings. The second kappa shape index (κ2) is 12.2. The summed E-state index contributed by atoms with van der Waals surface area (Å²) >= 11 is 6.40. The van der Waals surface area contributed by atoms with Crippen molar-refractivity contribution in [3.63, 3.8) is 0 Å². The van der Waals surface area contributed by atoms with Crippen LogP contribution in [0.2, 0.25) is 0 Å². The average Bonchev–Trinajstić information content (AvgIpc) is 3.74. The minimum atomic E-state index is -0.239. The average molecular weight is 649 g/mol. The van der Waals surface area contributed by atoms with Gasteiger partial charge in [-0.05, 0) is 78.5 Å². The fourth-order valence-corrected chi connectivity index (χ4v) is 7.40. The van der Waals surface area contributed by atoms with E-state index >= 15 is 0 Å². The maximum Gasteiger partial charge on any atom is 0.490 e. The van der Waals surface area contributed by atoms with E-state index in [0.29, 0.717) is 26.3 Å². The van der Waals surface area contributed by atoms with E-state index in [1.54, 1.807) is 11.3 Å². The number of hydrogen-bond acceptors (Lipinski definition) is 8. The number of carbonyl (C=O) groups excluding carboxylic acids is 2. The molecule has 0 aromatic carbocycles. The Labute approximate surface area is 251 Å².